The van der Waals surface area contributed by atoms with Gasteiger partial charge in [-0.25, -0.2) is 19.1 Å². The van der Waals surface area contributed by atoms with Crippen LogP contribution in [0.1, 0.15) is 11.8 Å². The molecule has 15 nitrogen and oxygen atoms in total. The molecule has 182 valence electrons. The van der Waals surface area contributed by atoms with E-state index in [9.17, 15) is 39.5 Å². The lowest BCUT2D eigenvalue weighted by Crippen LogP contribution is -2.53. The van der Waals surface area contributed by atoms with Gasteiger partial charge in [-0.2, -0.15) is 0 Å². The molecule has 0 saturated carbocycles. The van der Waals surface area contributed by atoms with Crippen molar-refractivity contribution in [2.75, 3.05) is 0 Å². The third kappa shape index (κ3) is 4.49. The summed E-state index contributed by atoms with van der Waals surface area (Å²) in [6.07, 6.45) is -5.32. The first-order valence-corrected chi connectivity index (χ1v) is 12.1. The van der Waals surface area contributed by atoms with E-state index in [0.717, 1.165) is 17.2 Å². The molecule has 0 amide bonds. The van der Waals surface area contributed by atoms with Crippen molar-refractivity contribution in [3.05, 3.63) is 69.0 Å². The van der Waals surface area contributed by atoms with Crippen LogP contribution in [0.3, 0.4) is 0 Å². The Morgan fingerprint density at radius 3 is 2.62 bits per heavy atom. The molecule has 1 fully saturated rings. The van der Waals surface area contributed by atoms with Gasteiger partial charge in [0.15, 0.2) is 23.5 Å². The molecule has 1 aromatic carbocycles. The number of phosphoric acid groups is 1. The highest BCUT2D eigenvalue weighted by molar-refractivity contribution is 7.99. The van der Waals surface area contributed by atoms with Crippen molar-refractivity contribution in [3.63, 3.8) is 0 Å². The Morgan fingerprint density at radius 1 is 1.26 bits per heavy atom. The van der Waals surface area contributed by atoms with Crippen LogP contribution in [0.5, 0.6) is 0 Å². The van der Waals surface area contributed by atoms with Crippen molar-refractivity contribution < 1.29 is 38.7 Å². The number of ether oxygens (including phenoxy) is 1. The molecule has 0 radical (unpaired) electrons. The van der Waals surface area contributed by atoms with Crippen LogP contribution in [0.15, 0.2) is 47.8 Å². The number of rotatable bonds is 8. The van der Waals surface area contributed by atoms with Crippen molar-refractivity contribution in [1.29, 1.82) is 0 Å². The van der Waals surface area contributed by atoms with E-state index < -0.39 is 47.9 Å². The van der Waals surface area contributed by atoms with E-state index in [2.05, 4.69) is 19.5 Å². The van der Waals surface area contributed by atoms with E-state index in [4.69, 9.17) is 4.74 Å². The minimum atomic E-state index is -5.50. The monoisotopic (exact) mass is 515 g/mol. The fourth-order valence-electron chi connectivity index (χ4n) is 3.52. The molecule has 1 aliphatic heterocycles. The quantitative estimate of drug-likeness (QED) is 0.113. The Bertz CT molecular complexity index is 1300. The smallest absolute Gasteiger partial charge is 0.387 e. The molecule has 1 saturated heterocycles. The first-order chi connectivity index (χ1) is 16.0. The summed E-state index contributed by atoms with van der Waals surface area (Å²) in [7, 11) is -5.50. The number of aromatic amines is 1. The van der Waals surface area contributed by atoms with E-state index in [-0.39, 0.29) is 16.9 Å². The number of nitro groups is 1. The lowest BCUT2D eigenvalue weighted by Gasteiger charge is -2.30. The third-order valence-electron chi connectivity index (χ3n) is 5.03. The van der Waals surface area contributed by atoms with Gasteiger partial charge in [-0.1, -0.05) is 30.3 Å². The van der Waals surface area contributed by atoms with Gasteiger partial charge in [-0.15, -0.1) is 0 Å². The number of H-pyrrole nitrogens is 1. The number of nitrogens with one attached hydrogen (secondary N) is 1. The SMILES string of the molecule is O=c1[nH]cnc2c1ncn2[C@@H]1O[C@H](C(OP(=O)(O)O)(SCc2ccccc2)[N+](=O)[O-])[C@@H](O)[C@H]1O. The molecule has 1 unspecified atom stereocenters. The van der Waals surface area contributed by atoms with E-state index in [1.807, 2.05) is 0 Å². The Kier molecular flexibility index (Phi) is 6.58. The maximum Gasteiger partial charge on any atom is 0.475 e. The van der Waals surface area contributed by atoms with Gasteiger partial charge in [0.1, 0.15) is 12.2 Å². The predicted octanol–water partition coefficient (Wildman–Crippen LogP) is -0.288. The molecule has 4 rings (SSSR count). The highest BCUT2D eigenvalue weighted by atomic mass is 32.2. The zero-order chi connectivity index (χ0) is 24.7. The number of imidazole rings is 1. The first kappa shape index (κ1) is 24.4. The van der Waals surface area contributed by atoms with Gasteiger partial charge < -0.3 is 29.7 Å². The number of aliphatic hydroxyl groups is 2. The number of aliphatic hydroxyl groups excluding tert-OH is 2. The fraction of sp³-hybridized carbons (Fsp3) is 0.353. The largest absolute Gasteiger partial charge is 0.475 e. The average Bonchev–Trinajstić information content (AvgIpc) is 3.33. The number of hydrogen-bond acceptors (Lipinski definition) is 11. The molecular formula is C17H18N5O10PS. The number of aromatic nitrogens is 4. The lowest BCUT2D eigenvalue weighted by atomic mass is 10.1. The van der Waals surface area contributed by atoms with Gasteiger partial charge in [0, 0.05) is 5.75 Å². The van der Waals surface area contributed by atoms with Gasteiger partial charge in [0.05, 0.1) is 17.6 Å². The van der Waals surface area contributed by atoms with Crippen LogP contribution in [-0.2, 0) is 19.6 Å². The highest BCUT2D eigenvalue weighted by Crippen LogP contribution is 2.52. The minimum absolute atomic E-state index is 0.0554. The first-order valence-electron chi connectivity index (χ1n) is 9.54. The lowest BCUT2D eigenvalue weighted by molar-refractivity contribution is -0.597. The van der Waals surface area contributed by atoms with Gasteiger partial charge in [0.2, 0.25) is 0 Å². The molecule has 17 heteroatoms. The summed E-state index contributed by atoms with van der Waals surface area (Å²) >= 11 is 0.360. The van der Waals surface area contributed by atoms with Crippen LogP contribution in [0.25, 0.3) is 11.2 Å². The summed E-state index contributed by atoms with van der Waals surface area (Å²) in [5.74, 6) is -0.153. The summed E-state index contributed by atoms with van der Waals surface area (Å²) in [4.78, 5) is 52.0. The summed E-state index contributed by atoms with van der Waals surface area (Å²) in [6, 6.07) is 8.28. The second-order valence-electron chi connectivity index (χ2n) is 7.23. The van der Waals surface area contributed by atoms with Gasteiger partial charge in [0.25, 0.3) is 5.56 Å². The Hall–Kier alpha value is -2.69. The van der Waals surface area contributed by atoms with Crippen LogP contribution < -0.4 is 5.56 Å². The van der Waals surface area contributed by atoms with E-state index in [1.54, 1.807) is 30.3 Å². The van der Waals surface area contributed by atoms with Gasteiger partial charge >= 0.3 is 12.9 Å². The number of benzene rings is 1. The van der Waals surface area contributed by atoms with E-state index in [0.29, 0.717) is 17.3 Å². The summed E-state index contributed by atoms with van der Waals surface area (Å²) in [5, 5.41) is 30.5. The van der Waals surface area contributed by atoms with Gasteiger partial charge in [-0.05, 0) is 17.3 Å². The van der Waals surface area contributed by atoms with Gasteiger partial charge in [-0.3, -0.25) is 19.5 Å². The summed E-state index contributed by atoms with van der Waals surface area (Å²) in [5.41, 5.74) is -0.222. The minimum Gasteiger partial charge on any atom is -0.387 e. The molecule has 0 aliphatic carbocycles. The number of thioether (sulfide) groups is 1. The zero-order valence-corrected chi connectivity index (χ0v) is 18.7. The van der Waals surface area contributed by atoms with Crippen LogP contribution in [0, 0.1) is 10.1 Å². The number of phosphoric ester groups is 1. The number of fused-ring (bicyclic) bond motifs is 1. The van der Waals surface area contributed by atoms with Crippen LogP contribution in [-0.4, -0.2) is 67.8 Å². The summed E-state index contributed by atoms with van der Waals surface area (Å²) < 4.78 is 23.0. The molecule has 34 heavy (non-hydrogen) atoms. The number of nitrogens with zero attached hydrogens (tertiary/aromatic N) is 4. The third-order valence-corrected chi connectivity index (χ3v) is 7.03. The molecular weight excluding hydrogens is 497 g/mol. The van der Waals surface area contributed by atoms with Crippen LogP contribution in [0.2, 0.25) is 0 Å². The fourth-order valence-corrected chi connectivity index (χ4v) is 5.57. The molecule has 1 aliphatic rings. The van der Waals surface area contributed by atoms with Crippen LogP contribution in [0.4, 0.5) is 0 Å². The topological polar surface area (TPSA) is 223 Å². The average molecular weight is 515 g/mol. The van der Waals surface area contributed by atoms with Crippen LogP contribution >= 0.6 is 19.6 Å². The second-order valence-corrected chi connectivity index (χ2v) is 9.55. The maximum absolute atomic E-state index is 12.2. The van der Waals surface area contributed by atoms with E-state index >= 15 is 0 Å². The van der Waals surface area contributed by atoms with Crippen molar-refractivity contribution >= 4 is 30.7 Å². The van der Waals surface area contributed by atoms with Crippen molar-refractivity contribution in [3.8, 4) is 0 Å². The zero-order valence-electron chi connectivity index (χ0n) is 16.9. The molecule has 3 aromatic rings. The van der Waals surface area contributed by atoms with Crippen molar-refractivity contribution in [1.82, 2.24) is 19.5 Å². The highest BCUT2D eigenvalue weighted by Gasteiger charge is 2.66. The summed E-state index contributed by atoms with van der Waals surface area (Å²) in [6.45, 7) is 0. The molecule has 0 bridgehead atoms. The molecule has 5 N–H and O–H groups in total. The Balaban J connectivity index is 1.74. The van der Waals surface area contributed by atoms with Crippen molar-refractivity contribution in [2.24, 2.45) is 0 Å². The Labute approximate surface area is 193 Å². The molecule has 5 atom stereocenters. The van der Waals surface area contributed by atoms with E-state index in [1.165, 1.54) is 0 Å². The maximum atomic E-state index is 12.2. The molecule has 3 heterocycles. The molecule has 2 aromatic heterocycles. The Morgan fingerprint density at radius 2 is 1.97 bits per heavy atom. The normalized spacial score (nSPS) is 24.8. The standard InChI is InChI=1S/C17H18N5O10PS/c23-11-12(24)16(21-8-20-10-14(21)18-7-19-15(10)25)31-13(11)17(22(26)27,32-33(28,29)30)34-6-9-4-2-1-3-5-9/h1-5,7-8,11-13,16,23-24H,6H2,(H,18,19,25)(H2,28,29,30)/t11-,12+,13-,16+,17?/m0/s1. The van der Waals surface area contributed by atoms with Crippen molar-refractivity contribution in [2.45, 2.75) is 35.3 Å². The second kappa shape index (κ2) is 9.16. The number of hydrogen-bond donors (Lipinski definition) is 5. The predicted molar refractivity (Wildman–Crippen MR) is 115 cm³/mol. The molecule has 0 spiro atoms.